The van der Waals surface area contributed by atoms with E-state index in [9.17, 15) is 5.26 Å². The number of ether oxygens (including phenoxy) is 1. The Morgan fingerprint density at radius 1 is 1.50 bits per heavy atom. The monoisotopic (exact) mass is 266 g/mol. The summed E-state index contributed by atoms with van der Waals surface area (Å²) in [5.41, 5.74) is 4.25. The highest BCUT2D eigenvalue weighted by Crippen LogP contribution is 2.36. The second-order valence-corrected chi connectivity index (χ2v) is 5.11. The number of hydrogen-bond donors (Lipinski definition) is 1. The van der Waals surface area contributed by atoms with Crippen molar-refractivity contribution in [3.05, 3.63) is 47.2 Å². The predicted molar refractivity (Wildman–Crippen MR) is 79.5 cm³/mol. The zero-order valence-electron chi connectivity index (χ0n) is 11.6. The van der Waals surface area contributed by atoms with Crippen LogP contribution in [0.1, 0.15) is 42.7 Å². The molecule has 2 heterocycles. The van der Waals surface area contributed by atoms with Crippen molar-refractivity contribution in [2.75, 3.05) is 6.61 Å². The van der Waals surface area contributed by atoms with Crippen LogP contribution in [0.3, 0.4) is 0 Å². The molecule has 1 N–H and O–H groups in total. The third-order valence-electron chi connectivity index (χ3n) is 3.91. The Morgan fingerprint density at radius 3 is 3.20 bits per heavy atom. The van der Waals surface area contributed by atoms with Crippen molar-refractivity contribution in [2.24, 2.45) is 0 Å². The molecule has 0 aliphatic carbocycles. The largest absolute Gasteiger partial charge is 0.372 e. The van der Waals surface area contributed by atoms with Crippen molar-refractivity contribution in [1.29, 1.82) is 5.26 Å². The van der Waals surface area contributed by atoms with Crippen LogP contribution in [-0.4, -0.2) is 11.6 Å². The van der Waals surface area contributed by atoms with Crippen molar-refractivity contribution >= 4 is 10.9 Å². The summed E-state index contributed by atoms with van der Waals surface area (Å²) in [5, 5.41) is 10.4. The van der Waals surface area contributed by atoms with Gasteiger partial charge in [-0.3, -0.25) is 0 Å². The lowest BCUT2D eigenvalue weighted by atomic mass is 9.97. The summed E-state index contributed by atoms with van der Waals surface area (Å²) in [6.45, 7) is 2.77. The molecule has 3 nitrogen and oxygen atoms in total. The van der Waals surface area contributed by atoms with Gasteiger partial charge in [0, 0.05) is 16.6 Å². The van der Waals surface area contributed by atoms with E-state index in [1.807, 2.05) is 25.1 Å². The van der Waals surface area contributed by atoms with Crippen molar-refractivity contribution in [1.82, 2.24) is 4.98 Å². The van der Waals surface area contributed by atoms with Crippen molar-refractivity contribution < 1.29 is 4.74 Å². The first-order valence-corrected chi connectivity index (χ1v) is 7.11. The zero-order valence-corrected chi connectivity index (χ0v) is 11.6. The summed E-state index contributed by atoms with van der Waals surface area (Å²) >= 11 is 0. The van der Waals surface area contributed by atoms with Gasteiger partial charge in [-0.25, -0.2) is 0 Å². The fourth-order valence-electron chi connectivity index (χ4n) is 2.99. The van der Waals surface area contributed by atoms with Gasteiger partial charge in [0.2, 0.25) is 0 Å². The summed E-state index contributed by atoms with van der Waals surface area (Å²) < 4.78 is 5.91. The highest BCUT2D eigenvalue weighted by atomic mass is 16.5. The van der Waals surface area contributed by atoms with Crippen LogP contribution in [0.4, 0.5) is 0 Å². The van der Waals surface area contributed by atoms with Gasteiger partial charge in [0.25, 0.3) is 0 Å². The molecule has 0 bridgehead atoms. The molecule has 0 saturated carbocycles. The van der Waals surface area contributed by atoms with E-state index in [1.165, 1.54) is 11.3 Å². The van der Waals surface area contributed by atoms with Gasteiger partial charge in [0.15, 0.2) is 0 Å². The summed E-state index contributed by atoms with van der Waals surface area (Å²) in [6.07, 6.45) is 7.24. The van der Waals surface area contributed by atoms with E-state index in [2.05, 4.69) is 23.2 Å². The lowest BCUT2D eigenvalue weighted by Crippen LogP contribution is -2.15. The highest BCUT2D eigenvalue weighted by molar-refractivity contribution is 5.90. The number of fused-ring (bicyclic) bond motifs is 3. The first kappa shape index (κ1) is 13.0. The third-order valence-corrected chi connectivity index (χ3v) is 3.91. The van der Waals surface area contributed by atoms with Crippen LogP contribution >= 0.6 is 0 Å². The van der Waals surface area contributed by atoms with E-state index < -0.39 is 0 Å². The number of aromatic amines is 1. The summed E-state index contributed by atoms with van der Waals surface area (Å²) in [4.78, 5) is 3.47. The van der Waals surface area contributed by atoms with Crippen LogP contribution in [0.2, 0.25) is 0 Å². The van der Waals surface area contributed by atoms with Crippen LogP contribution in [0.25, 0.3) is 10.9 Å². The summed E-state index contributed by atoms with van der Waals surface area (Å²) in [5.74, 6) is 0. The first-order valence-electron chi connectivity index (χ1n) is 7.11. The average Bonchev–Trinajstić information content (AvgIpc) is 2.87. The number of nitriles is 1. The van der Waals surface area contributed by atoms with Crippen LogP contribution in [-0.2, 0) is 11.2 Å². The molecule has 0 fully saturated rings. The molecule has 20 heavy (non-hydrogen) atoms. The lowest BCUT2D eigenvalue weighted by molar-refractivity contribution is 0.0350. The van der Waals surface area contributed by atoms with Crippen molar-refractivity contribution in [3.8, 4) is 6.07 Å². The number of H-pyrrole nitrogens is 1. The van der Waals surface area contributed by atoms with Gasteiger partial charge in [0.05, 0.1) is 24.3 Å². The van der Waals surface area contributed by atoms with Gasteiger partial charge in [0.1, 0.15) is 0 Å². The Bertz CT molecular complexity index is 691. The van der Waals surface area contributed by atoms with Gasteiger partial charge < -0.3 is 9.72 Å². The topological polar surface area (TPSA) is 48.8 Å². The molecule has 0 spiro atoms. The molecule has 0 radical (unpaired) electrons. The minimum atomic E-state index is 0.119. The van der Waals surface area contributed by atoms with E-state index in [-0.39, 0.29) is 6.10 Å². The molecular weight excluding hydrogens is 248 g/mol. The average molecular weight is 266 g/mol. The quantitative estimate of drug-likeness (QED) is 0.853. The standard InChI is InChI=1S/C17H18N2O/c1-2-3-4-8-15-17-13(9-10-20-15)16-12(11-18)6-5-7-14(16)19-17/h2-3,5-7,15,19H,4,8-10H2,1H3/b3-2+. The number of hydrogen-bond acceptors (Lipinski definition) is 2. The molecular formula is C17H18N2O. The van der Waals surface area contributed by atoms with Crippen LogP contribution < -0.4 is 0 Å². The lowest BCUT2D eigenvalue weighted by Gasteiger charge is -2.23. The van der Waals surface area contributed by atoms with Gasteiger partial charge >= 0.3 is 0 Å². The van der Waals surface area contributed by atoms with E-state index in [1.54, 1.807) is 0 Å². The molecule has 3 heteroatoms. The molecule has 1 aliphatic heterocycles. The molecule has 1 unspecified atom stereocenters. The van der Waals surface area contributed by atoms with E-state index in [4.69, 9.17) is 4.74 Å². The zero-order chi connectivity index (χ0) is 13.9. The van der Waals surface area contributed by atoms with Crippen molar-refractivity contribution in [2.45, 2.75) is 32.3 Å². The molecule has 0 amide bonds. The van der Waals surface area contributed by atoms with E-state index in [0.29, 0.717) is 0 Å². The molecule has 3 rings (SSSR count). The third kappa shape index (κ3) is 2.13. The maximum atomic E-state index is 9.29. The SMILES string of the molecule is C/C=C/CCC1OCCc2c1[nH]c1cccc(C#N)c21. The van der Waals surface area contributed by atoms with Crippen LogP contribution in [0.5, 0.6) is 0 Å². The van der Waals surface area contributed by atoms with Crippen molar-refractivity contribution in [3.63, 3.8) is 0 Å². The minimum Gasteiger partial charge on any atom is -0.372 e. The van der Waals surface area contributed by atoms with Gasteiger partial charge in [-0.15, -0.1) is 0 Å². The molecule has 1 aromatic carbocycles. The van der Waals surface area contributed by atoms with Crippen LogP contribution in [0, 0.1) is 11.3 Å². The van der Waals surface area contributed by atoms with Crippen LogP contribution in [0.15, 0.2) is 30.4 Å². The Labute approximate surface area is 118 Å². The fourth-order valence-corrected chi connectivity index (χ4v) is 2.99. The molecule has 1 aromatic heterocycles. The number of rotatable bonds is 3. The summed E-state index contributed by atoms with van der Waals surface area (Å²) in [6, 6.07) is 8.16. The van der Waals surface area contributed by atoms with E-state index >= 15 is 0 Å². The smallest absolute Gasteiger partial charge is 0.0998 e. The molecule has 102 valence electrons. The maximum absolute atomic E-state index is 9.29. The highest BCUT2D eigenvalue weighted by Gasteiger charge is 2.25. The maximum Gasteiger partial charge on any atom is 0.0998 e. The Hall–Kier alpha value is -2.05. The fraction of sp³-hybridized carbons (Fsp3) is 0.353. The molecule has 0 saturated heterocycles. The normalized spacial score (nSPS) is 18.3. The Morgan fingerprint density at radius 2 is 2.40 bits per heavy atom. The Kier molecular flexibility index (Phi) is 3.58. The molecule has 2 aromatic rings. The number of allylic oxidation sites excluding steroid dienone is 2. The van der Waals surface area contributed by atoms with E-state index in [0.717, 1.165) is 42.3 Å². The first-order chi connectivity index (χ1) is 9.85. The molecule has 1 aliphatic rings. The Balaban J connectivity index is 2.04. The van der Waals surface area contributed by atoms with Gasteiger partial charge in [-0.2, -0.15) is 5.26 Å². The summed E-state index contributed by atoms with van der Waals surface area (Å²) in [7, 11) is 0. The second-order valence-electron chi connectivity index (χ2n) is 5.11. The van der Waals surface area contributed by atoms with Gasteiger partial charge in [-0.1, -0.05) is 18.2 Å². The minimum absolute atomic E-state index is 0.119. The number of nitrogens with zero attached hydrogens (tertiary/aromatic N) is 1. The van der Waals surface area contributed by atoms with Gasteiger partial charge in [-0.05, 0) is 43.9 Å². The second kappa shape index (κ2) is 5.52. The molecule has 1 atom stereocenters. The number of benzene rings is 1. The number of aromatic nitrogens is 1. The number of nitrogens with one attached hydrogen (secondary N) is 1. The predicted octanol–water partition coefficient (Wildman–Crippen LogP) is 4.01.